The Morgan fingerprint density at radius 2 is 1.59 bits per heavy atom. The van der Waals surface area contributed by atoms with Gasteiger partial charge in [0.15, 0.2) is 6.29 Å². The number of aliphatic hydroxyl groups excluding tert-OH is 5. The minimum atomic E-state index is -1.47. The van der Waals surface area contributed by atoms with Crippen molar-refractivity contribution in [1.82, 2.24) is 0 Å². The second kappa shape index (κ2) is 7.06. The standard InChI is InChI=1S/C14H26O8/c1-5(2)12-13(9(17)7(15)4-20-12)22-14-11(19)10(18)8(16)6(3)21-14/h5-19H,4H2,1-3H3/t6-,7-,8-,9-,10+,11+,12?,13+,14-/m0/s1. The van der Waals surface area contributed by atoms with E-state index in [2.05, 4.69) is 0 Å². The van der Waals surface area contributed by atoms with E-state index in [1.165, 1.54) is 0 Å². The zero-order valence-corrected chi connectivity index (χ0v) is 12.9. The van der Waals surface area contributed by atoms with Gasteiger partial charge in [-0.2, -0.15) is 0 Å². The predicted octanol–water partition coefficient (Wildman–Crippen LogP) is -2.02. The van der Waals surface area contributed by atoms with Crippen LogP contribution in [-0.4, -0.2) is 87.3 Å². The fourth-order valence-corrected chi connectivity index (χ4v) is 2.83. The molecule has 0 aliphatic carbocycles. The summed E-state index contributed by atoms with van der Waals surface area (Å²) in [6, 6.07) is 0. The summed E-state index contributed by atoms with van der Waals surface area (Å²) in [5.41, 5.74) is 0. The minimum absolute atomic E-state index is 0.000760. The largest absolute Gasteiger partial charge is 0.388 e. The summed E-state index contributed by atoms with van der Waals surface area (Å²) in [6.07, 6.45) is -9.80. The maximum atomic E-state index is 10.2. The van der Waals surface area contributed by atoms with Gasteiger partial charge in [-0.05, 0) is 12.8 Å². The Morgan fingerprint density at radius 1 is 0.955 bits per heavy atom. The van der Waals surface area contributed by atoms with E-state index in [0.717, 1.165) is 0 Å². The molecule has 8 heteroatoms. The molecule has 1 unspecified atom stereocenters. The molecular weight excluding hydrogens is 296 g/mol. The third-order valence-electron chi connectivity index (χ3n) is 4.27. The summed E-state index contributed by atoms with van der Waals surface area (Å²) in [5.74, 6) is 0.000760. The molecule has 0 aromatic heterocycles. The monoisotopic (exact) mass is 322 g/mol. The van der Waals surface area contributed by atoms with Crippen LogP contribution in [0, 0.1) is 5.92 Å². The van der Waals surface area contributed by atoms with E-state index in [1.54, 1.807) is 6.92 Å². The highest BCUT2D eigenvalue weighted by Gasteiger charge is 2.47. The molecule has 0 radical (unpaired) electrons. The van der Waals surface area contributed by atoms with Crippen LogP contribution >= 0.6 is 0 Å². The van der Waals surface area contributed by atoms with E-state index in [1.807, 2.05) is 13.8 Å². The maximum Gasteiger partial charge on any atom is 0.187 e. The van der Waals surface area contributed by atoms with E-state index in [0.29, 0.717) is 0 Å². The molecule has 8 nitrogen and oxygen atoms in total. The first-order chi connectivity index (χ1) is 10.2. The van der Waals surface area contributed by atoms with Crippen LogP contribution in [0.2, 0.25) is 0 Å². The molecule has 22 heavy (non-hydrogen) atoms. The SMILES string of the molecule is CC(C)C1OC[C@H](O)[C@H](O)[C@H]1O[C@@H]1O[C@@H](C)[C@H](O)[C@@H](O)[C@H]1O. The summed E-state index contributed by atoms with van der Waals surface area (Å²) < 4.78 is 16.5. The van der Waals surface area contributed by atoms with Crippen LogP contribution in [0.5, 0.6) is 0 Å². The first kappa shape index (κ1) is 18.0. The van der Waals surface area contributed by atoms with Crippen molar-refractivity contribution in [2.24, 2.45) is 5.92 Å². The quantitative estimate of drug-likeness (QED) is 0.403. The van der Waals surface area contributed by atoms with Crippen molar-refractivity contribution < 1.29 is 39.7 Å². The highest BCUT2D eigenvalue weighted by atomic mass is 16.7. The minimum Gasteiger partial charge on any atom is -0.388 e. The summed E-state index contributed by atoms with van der Waals surface area (Å²) in [7, 11) is 0. The Morgan fingerprint density at radius 3 is 2.18 bits per heavy atom. The molecule has 0 aromatic carbocycles. The lowest BCUT2D eigenvalue weighted by Gasteiger charge is -2.45. The van der Waals surface area contributed by atoms with E-state index in [9.17, 15) is 25.5 Å². The van der Waals surface area contributed by atoms with Crippen LogP contribution in [0.3, 0.4) is 0 Å². The molecule has 2 heterocycles. The van der Waals surface area contributed by atoms with Crippen molar-refractivity contribution >= 4 is 0 Å². The molecule has 5 N–H and O–H groups in total. The molecule has 2 aliphatic rings. The number of hydrogen-bond donors (Lipinski definition) is 5. The van der Waals surface area contributed by atoms with E-state index in [4.69, 9.17) is 14.2 Å². The Kier molecular flexibility index (Phi) is 5.79. The van der Waals surface area contributed by atoms with Crippen molar-refractivity contribution in [3.8, 4) is 0 Å². The third-order valence-corrected chi connectivity index (χ3v) is 4.27. The average Bonchev–Trinajstić information content (AvgIpc) is 2.46. The van der Waals surface area contributed by atoms with Crippen LogP contribution in [0.25, 0.3) is 0 Å². The maximum absolute atomic E-state index is 10.2. The number of hydrogen-bond acceptors (Lipinski definition) is 8. The summed E-state index contributed by atoms with van der Waals surface area (Å²) in [6.45, 7) is 5.30. The van der Waals surface area contributed by atoms with Crippen LogP contribution in [0.4, 0.5) is 0 Å². The van der Waals surface area contributed by atoms with Crippen LogP contribution < -0.4 is 0 Å². The van der Waals surface area contributed by atoms with Gasteiger partial charge in [-0.15, -0.1) is 0 Å². The van der Waals surface area contributed by atoms with Crippen molar-refractivity contribution in [2.75, 3.05) is 6.61 Å². The van der Waals surface area contributed by atoms with Gasteiger partial charge in [0.2, 0.25) is 0 Å². The summed E-state index contributed by atoms with van der Waals surface area (Å²) in [4.78, 5) is 0. The van der Waals surface area contributed by atoms with Crippen LogP contribution in [0.1, 0.15) is 20.8 Å². The number of ether oxygens (including phenoxy) is 3. The van der Waals surface area contributed by atoms with E-state index >= 15 is 0 Å². The normalized spacial score (nSPS) is 50.3. The van der Waals surface area contributed by atoms with Gasteiger partial charge in [-0.1, -0.05) is 13.8 Å². The second-order valence-corrected chi connectivity index (χ2v) is 6.38. The Hall–Kier alpha value is -0.320. The highest BCUT2D eigenvalue weighted by molar-refractivity contribution is 4.92. The van der Waals surface area contributed by atoms with Crippen LogP contribution in [0.15, 0.2) is 0 Å². The van der Waals surface area contributed by atoms with E-state index < -0.39 is 55.1 Å². The molecule has 2 fully saturated rings. The first-order valence-corrected chi connectivity index (χ1v) is 7.57. The molecule has 0 spiro atoms. The number of rotatable bonds is 3. The molecular formula is C14H26O8. The zero-order chi connectivity index (χ0) is 16.6. The van der Waals surface area contributed by atoms with Gasteiger partial charge < -0.3 is 39.7 Å². The fourth-order valence-electron chi connectivity index (χ4n) is 2.83. The smallest absolute Gasteiger partial charge is 0.187 e. The average molecular weight is 322 g/mol. The summed E-state index contributed by atoms with van der Waals surface area (Å²) >= 11 is 0. The van der Waals surface area contributed by atoms with Gasteiger partial charge in [-0.3, -0.25) is 0 Å². The Bertz CT molecular complexity index is 365. The van der Waals surface area contributed by atoms with Gasteiger partial charge in [0, 0.05) is 0 Å². The first-order valence-electron chi connectivity index (χ1n) is 7.57. The van der Waals surface area contributed by atoms with Crippen molar-refractivity contribution in [3.63, 3.8) is 0 Å². The zero-order valence-electron chi connectivity index (χ0n) is 12.9. The van der Waals surface area contributed by atoms with Crippen molar-refractivity contribution in [3.05, 3.63) is 0 Å². The third kappa shape index (κ3) is 3.44. The van der Waals surface area contributed by atoms with Gasteiger partial charge in [-0.25, -0.2) is 0 Å². The number of aliphatic hydroxyl groups is 5. The molecule has 2 saturated heterocycles. The topological polar surface area (TPSA) is 129 Å². The molecule has 0 amide bonds. The lowest BCUT2D eigenvalue weighted by molar-refractivity contribution is -0.332. The van der Waals surface area contributed by atoms with Crippen LogP contribution in [-0.2, 0) is 14.2 Å². The lowest BCUT2D eigenvalue weighted by Crippen LogP contribution is -2.62. The predicted molar refractivity (Wildman–Crippen MR) is 73.8 cm³/mol. The fraction of sp³-hybridized carbons (Fsp3) is 1.00. The van der Waals surface area contributed by atoms with Crippen molar-refractivity contribution in [2.45, 2.75) is 75.9 Å². The van der Waals surface area contributed by atoms with Gasteiger partial charge in [0.1, 0.15) is 36.6 Å². The molecule has 2 aliphatic heterocycles. The van der Waals surface area contributed by atoms with Crippen molar-refractivity contribution in [1.29, 1.82) is 0 Å². The molecule has 0 saturated carbocycles. The molecule has 9 atom stereocenters. The van der Waals surface area contributed by atoms with Gasteiger partial charge in [0.05, 0.1) is 18.8 Å². The van der Waals surface area contributed by atoms with Gasteiger partial charge >= 0.3 is 0 Å². The van der Waals surface area contributed by atoms with E-state index in [-0.39, 0.29) is 12.5 Å². The second-order valence-electron chi connectivity index (χ2n) is 6.38. The highest BCUT2D eigenvalue weighted by Crippen LogP contribution is 2.29. The molecule has 0 bridgehead atoms. The summed E-state index contributed by atoms with van der Waals surface area (Å²) in [5, 5.41) is 49.4. The molecule has 0 aromatic rings. The Balaban J connectivity index is 2.11. The molecule has 2 rings (SSSR count). The molecule has 130 valence electrons. The van der Waals surface area contributed by atoms with Gasteiger partial charge in [0.25, 0.3) is 0 Å². The lowest BCUT2D eigenvalue weighted by atomic mass is 9.92. The Labute approximate surface area is 129 Å².